The van der Waals surface area contributed by atoms with Gasteiger partial charge in [0.05, 0.1) is 0 Å². The number of nitrogens with one attached hydrogen (secondary N) is 1. The number of nitrogens with two attached hydrogens (primary N) is 1. The summed E-state index contributed by atoms with van der Waals surface area (Å²) in [5, 5.41) is 2.68. The second-order valence-electron chi connectivity index (χ2n) is 3.72. The van der Waals surface area contributed by atoms with E-state index >= 15 is 0 Å². The highest BCUT2D eigenvalue weighted by Crippen LogP contribution is 2.34. The van der Waals surface area contributed by atoms with E-state index in [0.717, 1.165) is 0 Å². The fraction of sp³-hybridized carbons (Fsp3) is 0.0833. The third-order valence-electron chi connectivity index (χ3n) is 2.48. The molecule has 1 aliphatic heterocycles. The molecule has 3 N–H and O–H groups in total. The summed E-state index contributed by atoms with van der Waals surface area (Å²) < 4.78 is 15.4. The second kappa shape index (κ2) is 3.99. The molecule has 1 aliphatic rings. The Morgan fingerprint density at radius 1 is 1.17 bits per heavy atom. The van der Waals surface area contributed by atoms with E-state index < -0.39 is 0 Å². The lowest BCUT2D eigenvalue weighted by molar-refractivity contribution is 0.0997. The van der Waals surface area contributed by atoms with Crippen LogP contribution in [0.5, 0.6) is 11.5 Å². The number of rotatable bonds is 2. The minimum absolute atomic E-state index is 0.158. The Hall–Kier alpha value is -2.63. The maximum atomic E-state index is 11.8. The molecule has 0 radical (unpaired) electrons. The van der Waals surface area contributed by atoms with Crippen LogP contribution in [0.3, 0.4) is 0 Å². The Kier molecular flexibility index (Phi) is 2.33. The van der Waals surface area contributed by atoms with Gasteiger partial charge in [-0.05, 0) is 18.2 Å². The van der Waals surface area contributed by atoms with E-state index in [9.17, 15) is 4.79 Å². The zero-order chi connectivity index (χ0) is 12.5. The number of nitrogen functional groups attached to an aromatic ring is 1. The lowest BCUT2D eigenvalue weighted by Crippen LogP contribution is -2.10. The lowest BCUT2D eigenvalue weighted by atomic mass is 10.2. The van der Waals surface area contributed by atoms with Crippen molar-refractivity contribution in [2.75, 3.05) is 17.8 Å². The lowest BCUT2D eigenvalue weighted by Gasteiger charge is -2.04. The SMILES string of the molecule is Nc1ccc(C(=O)Nc2ccc3c(c2)OCO3)o1. The largest absolute Gasteiger partial charge is 0.454 e. The molecule has 0 bridgehead atoms. The molecule has 0 spiro atoms. The minimum atomic E-state index is -0.370. The van der Waals surface area contributed by atoms with Gasteiger partial charge in [0.2, 0.25) is 6.79 Å². The topological polar surface area (TPSA) is 86.7 Å². The first-order valence-corrected chi connectivity index (χ1v) is 5.29. The number of hydrogen-bond donors (Lipinski definition) is 2. The third kappa shape index (κ3) is 1.84. The van der Waals surface area contributed by atoms with Crippen LogP contribution in [0.1, 0.15) is 10.6 Å². The van der Waals surface area contributed by atoms with E-state index in [1.165, 1.54) is 12.1 Å². The number of carbonyl (C=O) groups is 1. The van der Waals surface area contributed by atoms with E-state index in [2.05, 4.69) is 5.32 Å². The molecule has 6 nitrogen and oxygen atoms in total. The summed E-state index contributed by atoms with van der Waals surface area (Å²) in [5.41, 5.74) is 6.00. The standard InChI is InChI=1S/C12H10N2O4/c13-11-4-3-9(18-11)12(15)14-7-1-2-8-10(5-7)17-6-16-8/h1-5H,6,13H2,(H,14,15). The highest BCUT2D eigenvalue weighted by Gasteiger charge is 2.15. The molecule has 0 atom stereocenters. The van der Waals surface area contributed by atoms with Crippen molar-refractivity contribution in [3.8, 4) is 11.5 Å². The van der Waals surface area contributed by atoms with Crippen LogP contribution in [-0.2, 0) is 0 Å². The summed E-state index contributed by atoms with van der Waals surface area (Å²) >= 11 is 0. The second-order valence-corrected chi connectivity index (χ2v) is 3.72. The van der Waals surface area contributed by atoms with Crippen LogP contribution in [-0.4, -0.2) is 12.7 Å². The number of anilines is 2. The number of hydrogen-bond acceptors (Lipinski definition) is 5. The molecular formula is C12H10N2O4. The van der Waals surface area contributed by atoms with Crippen molar-refractivity contribution in [2.24, 2.45) is 0 Å². The smallest absolute Gasteiger partial charge is 0.291 e. The molecular weight excluding hydrogens is 236 g/mol. The van der Waals surface area contributed by atoms with Crippen molar-refractivity contribution < 1.29 is 18.7 Å². The van der Waals surface area contributed by atoms with E-state index in [-0.39, 0.29) is 24.3 Å². The number of amides is 1. The molecule has 2 aromatic rings. The average Bonchev–Trinajstić information content (AvgIpc) is 2.96. The van der Waals surface area contributed by atoms with E-state index in [0.29, 0.717) is 17.2 Å². The summed E-state index contributed by atoms with van der Waals surface area (Å²) in [6, 6.07) is 8.17. The molecule has 1 aromatic heterocycles. The van der Waals surface area contributed by atoms with Crippen LogP contribution in [0.2, 0.25) is 0 Å². The van der Waals surface area contributed by atoms with Gasteiger partial charge in [-0.25, -0.2) is 0 Å². The van der Waals surface area contributed by atoms with Crippen molar-refractivity contribution in [3.05, 3.63) is 36.1 Å². The third-order valence-corrected chi connectivity index (χ3v) is 2.48. The van der Waals surface area contributed by atoms with Gasteiger partial charge in [0, 0.05) is 17.8 Å². The highest BCUT2D eigenvalue weighted by atomic mass is 16.7. The molecule has 1 amide bonds. The van der Waals surface area contributed by atoms with Gasteiger partial charge in [0.15, 0.2) is 23.1 Å². The molecule has 3 rings (SSSR count). The molecule has 0 aliphatic carbocycles. The maximum absolute atomic E-state index is 11.8. The summed E-state index contributed by atoms with van der Waals surface area (Å²) in [5.74, 6) is 1.25. The van der Waals surface area contributed by atoms with Crippen molar-refractivity contribution in [2.45, 2.75) is 0 Å². The van der Waals surface area contributed by atoms with E-state index in [1.807, 2.05) is 0 Å². The Labute approximate surface area is 102 Å². The first-order chi connectivity index (χ1) is 8.72. The van der Waals surface area contributed by atoms with Gasteiger partial charge in [0.1, 0.15) is 0 Å². The zero-order valence-electron chi connectivity index (χ0n) is 9.30. The Morgan fingerprint density at radius 2 is 2.00 bits per heavy atom. The van der Waals surface area contributed by atoms with Crippen LogP contribution in [0.25, 0.3) is 0 Å². The first kappa shape index (κ1) is 10.5. The molecule has 2 heterocycles. The molecule has 1 aromatic carbocycles. The van der Waals surface area contributed by atoms with Crippen molar-refractivity contribution in [1.82, 2.24) is 0 Å². The highest BCUT2D eigenvalue weighted by molar-refractivity contribution is 6.02. The van der Waals surface area contributed by atoms with E-state index in [1.54, 1.807) is 18.2 Å². The molecule has 18 heavy (non-hydrogen) atoms. The quantitative estimate of drug-likeness (QED) is 0.844. The maximum Gasteiger partial charge on any atom is 0.291 e. The molecule has 92 valence electrons. The van der Waals surface area contributed by atoms with Gasteiger partial charge in [-0.1, -0.05) is 0 Å². The van der Waals surface area contributed by atoms with Crippen molar-refractivity contribution >= 4 is 17.5 Å². The summed E-state index contributed by atoms with van der Waals surface area (Å²) in [6.07, 6.45) is 0. The van der Waals surface area contributed by atoms with Crippen LogP contribution < -0.4 is 20.5 Å². The zero-order valence-corrected chi connectivity index (χ0v) is 9.30. The predicted octanol–water partition coefficient (Wildman–Crippen LogP) is 1.84. The first-order valence-electron chi connectivity index (χ1n) is 5.29. The molecule has 6 heteroatoms. The summed E-state index contributed by atoms with van der Waals surface area (Å²) in [7, 11) is 0. The van der Waals surface area contributed by atoms with E-state index in [4.69, 9.17) is 19.6 Å². The fourth-order valence-corrected chi connectivity index (χ4v) is 1.64. The predicted molar refractivity (Wildman–Crippen MR) is 63.6 cm³/mol. The van der Waals surface area contributed by atoms with Gasteiger partial charge in [0.25, 0.3) is 5.91 Å². The number of benzene rings is 1. The van der Waals surface area contributed by atoms with Gasteiger partial charge < -0.3 is 24.9 Å². The molecule has 0 fully saturated rings. The summed E-state index contributed by atoms with van der Waals surface area (Å²) in [4.78, 5) is 11.8. The number of furan rings is 1. The van der Waals surface area contributed by atoms with Crippen molar-refractivity contribution in [1.29, 1.82) is 0 Å². The van der Waals surface area contributed by atoms with Crippen LogP contribution in [0.15, 0.2) is 34.7 Å². The molecule has 0 saturated heterocycles. The average molecular weight is 246 g/mol. The van der Waals surface area contributed by atoms with Gasteiger partial charge in [-0.15, -0.1) is 0 Å². The van der Waals surface area contributed by atoms with Gasteiger partial charge in [-0.3, -0.25) is 4.79 Å². The van der Waals surface area contributed by atoms with Crippen LogP contribution >= 0.6 is 0 Å². The van der Waals surface area contributed by atoms with Gasteiger partial charge in [-0.2, -0.15) is 0 Å². The Balaban J connectivity index is 1.78. The van der Waals surface area contributed by atoms with Crippen LogP contribution in [0, 0.1) is 0 Å². The number of ether oxygens (including phenoxy) is 2. The fourth-order valence-electron chi connectivity index (χ4n) is 1.64. The summed E-state index contributed by atoms with van der Waals surface area (Å²) in [6.45, 7) is 0.196. The minimum Gasteiger partial charge on any atom is -0.454 e. The Bertz CT molecular complexity index is 606. The van der Waals surface area contributed by atoms with Crippen molar-refractivity contribution in [3.63, 3.8) is 0 Å². The Morgan fingerprint density at radius 3 is 2.78 bits per heavy atom. The van der Waals surface area contributed by atoms with Crippen LogP contribution in [0.4, 0.5) is 11.6 Å². The number of carbonyl (C=O) groups excluding carboxylic acids is 1. The van der Waals surface area contributed by atoms with Gasteiger partial charge >= 0.3 is 0 Å². The number of fused-ring (bicyclic) bond motifs is 1. The monoisotopic (exact) mass is 246 g/mol. The molecule has 0 unspecified atom stereocenters. The molecule has 0 saturated carbocycles. The normalized spacial score (nSPS) is 12.4.